The molecule has 2 heteroatoms. The summed E-state index contributed by atoms with van der Waals surface area (Å²) in [5.41, 5.74) is -0.297. The Balaban J connectivity index is 2.59. The van der Waals surface area contributed by atoms with Crippen molar-refractivity contribution in [3.05, 3.63) is 0 Å². The van der Waals surface area contributed by atoms with Crippen LogP contribution in [-0.4, -0.2) is 13.1 Å². The zero-order valence-corrected chi connectivity index (χ0v) is 9.80. The van der Waals surface area contributed by atoms with Gasteiger partial charge in [-0.25, -0.2) is 0 Å². The van der Waals surface area contributed by atoms with Crippen LogP contribution in [0.5, 0.6) is 0 Å². The summed E-state index contributed by atoms with van der Waals surface area (Å²) in [6, 6.07) is 0. The van der Waals surface area contributed by atoms with E-state index >= 15 is 0 Å². The standard InChI is InChI=1S/C12H22O2/c1-9-5-7-10(8-6-9)12(2,3)11(13)14-4/h9-10H,5-8H2,1-4H3. The number of rotatable bonds is 2. The normalized spacial score (nSPS) is 28.6. The third-order valence-electron chi connectivity index (χ3n) is 3.75. The summed E-state index contributed by atoms with van der Waals surface area (Å²) in [7, 11) is 1.48. The van der Waals surface area contributed by atoms with Crippen LogP contribution in [0.3, 0.4) is 0 Å². The predicted octanol–water partition coefficient (Wildman–Crippen LogP) is 3.01. The van der Waals surface area contributed by atoms with Gasteiger partial charge in [-0.2, -0.15) is 0 Å². The molecule has 1 aliphatic carbocycles. The summed E-state index contributed by atoms with van der Waals surface area (Å²) in [6.45, 7) is 6.32. The maximum Gasteiger partial charge on any atom is 0.311 e. The summed E-state index contributed by atoms with van der Waals surface area (Å²) in [5, 5.41) is 0. The molecule has 0 amide bonds. The smallest absolute Gasteiger partial charge is 0.311 e. The Labute approximate surface area is 87.0 Å². The fourth-order valence-corrected chi connectivity index (χ4v) is 2.41. The number of esters is 1. The van der Waals surface area contributed by atoms with E-state index in [2.05, 4.69) is 6.92 Å². The van der Waals surface area contributed by atoms with Gasteiger partial charge in [0.2, 0.25) is 0 Å². The van der Waals surface area contributed by atoms with Gasteiger partial charge in [0.25, 0.3) is 0 Å². The second kappa shape index (κ2) is 4.33. The van der Waals surface area contributed by atoms with E-state index in [4.69, 9.17) is 4.74 Å². The lowest BCUT2D eigenvalue weighted by molar-refractivity contribution is -0.155. The lowest BCUT2D eigenvalue weighted by Gasteiger charge is -2.36. The molecule has 14 heavy (non-hydrogen) atoms. The Morgan fingerprint density at radius 3 is 2.14 bits per heavy atom. The zero-order valence-electron chi connectivity index (χ0n) is 9.80. The van der Waals surface area contributed by atoms with Crippen molar-refractivity contribution in [1.82, 2.24) is 0 Å². The number of methoxy groups -OCH3 is 1. The van der Waals surface area contributed by atoms with Crippen LogP contribution in [0.1, 0.15) is 46.5 Å². The monoisotopic (exact) mass is 198 g/mol. The minimum absolute atomic E-state index is 0.0583. The summed E-state index contributed by atoms with van der Waals surface area (Å²) in [6.07, 6.45) is 4.85. The molecule has 2 nitrogen and oxygen atoms in total. The van der Waals surface area contributed by atoms with Gasteiger partial charge in [0.1, 0.15) is 0 Å². The molecule has 1 fully saturated rings. The average molecular weight is 198 g/mol. The summed E-state index contributed by atoms with van der Waals surface area (Å²) in [5.74, 6) is 1.28. The topological polar surface area (TPSA) is 26.3 Å². The van der Waals surface area contributed by atoms with E-state index in [0.717, 1.165) is 5.92 Å². The Bertz CT molecular complexity index is 200. The van der Waals surface area contributed by atoms with Gasteiger partial charge >= 0.3 is 5.97 Å². The van der Waals surface area contributed by atoms with Gasteiger partial charge in [-0.05, 0) is 38.5 Å². The van der Waals surface area contributed by atoms with Crippen molar-refractivity contribution in [2.75, 3.05) is 7.11 Å². The van der Waals surface area contributed by atoms with Crippen molar-refractivity contribution < 1.29 is 9.53 Å². The van der Waals surface area contributed by atoms with E-state index < -0.39 is 0 Å². The molecule has 1 saturated carbocycles. The molecule has 0 aliphatic heterocycles. The molecule has 0 aromatic carbocycles. The quantitative estimate of drug-likeness (QED) is 0.637. The first-order valence-corrected chi connectivity index (χ1v) is 5.57. The van der Waals surface area contributed by atoms with Crippen LogP contribution in [0.25, 0.3) is 0 Å². The fourth-order valence-electron chi connectivity index (χ4n) is 2.41. The van der Waals surface area contributed by atoms with Gasteiger partial charge < -0.3 is 4.74 Å². The van der Waals surface area contributed by atoms with Gasteiger partial charge in [-0.15, -0.1) is 0 Å². The molecule has 82 valence electrons. The van der Waals surface area contributed by atoms with Gasteiger partial charge in [-0.3, -0.25) is 4.79 Å². The molecule has 0 heterocycles. The van der Waals surface area contributed by atoms with Crippen LogP contribution < -0.4 is 0 Å². The largest absolute Gasteiger partial charge is 0.469 e. The second-order valence-electron chi connectivity index (χ2n) is 5.17. The van der Waals surface area contributed by atoms with E-state index in [9.17, 15) is 4.79 Å². The summed E-state index contributed by atoms with van der Waals surface area (Å²) in [4.78, 5) is 11.6. The Morgan fingerprint density at radius 2 is 1.71 bits per heavy atom. The van der Waals surface area contributed by atoms with E-state index in [1.807, 2.05) is 13.8 Å². The minimum Gasteiger partial charge on any atom is -0.469 e. The maximum absolute atomic E-state index is 11.6. The lowest BCUT2D eigenvalue weighted by Crippen LogP contribution is -2.36. The van der Waals surface area contributed by atoms with Crippen molar-refractivity contribution in [2.24, 2.45) is 17.3 Å². The van der Waals surface area contributed by atoms with E-state index in [0.29, 0.717) is 5.92 Å². The van der Waals surface area contributed by atoms with Gasteiger partial charge in [0, 0.05) is 0 Å². The number of ether oxygens (including phenoxy) is 1. The Morgan fingerprint density at radius 1 is 1.21 bits per heavy atom. The van der Waals surface area contributed by atoms with Crippen LogP contribution in [0.2, 0.25) is 0 Å². The molecule has 0 atom stereocenters. The van der Waals surface area contributed by atoms with Crippen molar-refractivity contribution in [3.8, 4) is 0 Å². The zero-order chi connectivity index (χ0) is 10.8. The maximum atomic E-state index is 11.6. The highest BCUT2D eigenvalue weighted by Crippen LogP contribution is 2.40. The molecular weight excluding hydrogens is 176 g/mol. The lowest BCUT2D eigenvalue weighted by atomic mass is 9.69. The molecule has 0 unspecified atom stereocenters. The highest BCUT2D eigenvalue weighted by atomic mass is 16.5. The summed E-state index contributed by atoms with van der Waals surface area (Å²) < 4.78 is 4.86. The Hall–Kier alpha value is -0.530. The van der Waals surface area contributed by atoms with Crippen molar-refractivity contribution in [2.45, 2.75) is 46.5 Å². The molecular formula is C12H22O2. The van der Waals surface area contributed by atoms with E-state index in [1.54, 1.807) is 0 Å². The summed E-state index contributed by atoms with van der Waals surface area (Å²) >= 11 is 0. The minimum atomic E-state index is -0.297. The molecule has 0 saturated heterocycles. The molecule has 0 spiro atoms. The van der Waals surface area contributed by atoms with Gasteiger partial charge in [0.15, 0.2) is 0 Å². The van der Waals surface area contributed by atoms with Crippen LogP contribution >= 0.6 is 0 Å². The van der Waals surface area contributed by atoms with Crippen molar-refractivity contribution >= 4 is 5.97 Å². The molecule has 0 bridgehead atoms. The third kappa shape index (κ3) is 2.28. The van der Waals surface area contributed by atoms with Crippen LogP contribution in [0.4, 0.5) is 0 Å². The first kappa shape index (κ1) is 11.5. The van der Waals surface area contributed by atoms with Gasteiger partial charge in [-0.1, -0.05) is 19.8 Å². The van der Waals surface area contributed by atoms with E-state index in [-0.39, 0.29) is 11.4 Å². The van der Waals surface area contributed by atoms with Crippen molar-refractivity contribution in [1.29, 1.82) is 0 Å². The molecule has 0 radical (unpaired) electrons. The first-order valence-electron chi connectivity index (χ1n) is 5.57. The highest BCUT2D eigenvalue weighted by Gasteiger charge is 2.38. The Kier molecular flexibility index (Phi) is 3.57. The van der Waals surface area contributed by atoms with Crippen LogP contribution in [0.15, 0.2) is 0 Å². The second-order valence-corrected chi connectivity index (χ2v) is 5.17. The molecule has 1 aliphatic rings. The predicted molar refractivity (Wildman–Crippen MR) is 56.9 cm³/mol. The van der Waals surface area contributed by atoms with Crippen LogP contribution in [0, 0.1) is 17.3 Å². The fraction of sp³-hybridized carbons (Fsp3) is 0.917. The third-order valence-corrected chi connectivity index (χ3v) is 3.75. The number of hydrogen-bond acceptors (Lipinski definition) is 2. The number of carbonyl (C=O) groups excluding carboxylic acids is 1. The molecule has 0 N–H and O–H groups in total. The van der Waals surface area contributed by atoms with Gasteiger partial charge in [0.05, 0.1) is 12.5 Å². The van der Waals surface area contributed by atoms with Crippen molar-refractivity contribution in [3.63, 3.8) is 0 Å². The highest BCUT2D eigenvalue weighted by molar-refractivity contribution is 5.76. The first-order chi connectivity index (χ1) is 6.48. The molecule has 0 aromatic heterocycles. The molecule has 0 aromatic rings. The number of carbonyl (C=O) groups is 1. The average Bonchev–Trinajstić information content (AvgIpc) is 2.17. The van der Waals surface area contributed by atoms with Crippen LogP contribution in [-0.2, 0) is 9.53 Å². The number of hydrogen-bond donors (Lipinski definition) is 0. The SMILES string of the molecule is COC(=O)C(C)(C)C1CCC(C)CC1. The molecule has 1 rings (SSSR count). The van der Waals surface area contributed by atoms with E-state index in [1.165, 1.54) is 32.8 Å².